The Labute approximate surface area is 117 Å². The summed E-state index contributed by atoms with van der Waals surface area (Å²) in [6.45, 7) is 5.09. The van der Waals surface area contributed by atoms with E-state index in [0.29, 0.717) is 17.3 Å². The zero-order valence-corrected chi connectivity index (χ0v) is 11.7. The second-order valence-electron chi connectivity index (χ2n) is 5.37. The van der Waals surface area contributed by atoms with Crippen LogP contribution in [0.25, 0.3) is 0 Å². The van der Waals surface area contributed by atoms with Crippen LogP contribution in [-0.4, -0.2) is 22.6 Å². The van der Waals surface area contributed by atoms with E-state index in [1.165, 1.54) is 5.56 Å². The molecule has 0 fully saturated rings. The van der Waals surface area contributed by atoms with E-state index in [2.05, 4.69) is 34.7 Å². The maximum absolute atomic E-state index is 12.2. The molecule has 0 atom stereocenters. The van der Waals surface area contributed by atoms with Gasteiger partial charge in [-0.2, -0.15) is 5.10 Å². The molecule has 20 heavy (non-hydrogen) atoms. The molecule has 1 aromatic carbocycles. The number of benzene rings is 1. The van der Waals surface area contributed by atoms with Crippen molar-refractivity contribution in [1.82, 2.24) is 10.2 Å². The van der Waals surface area contributed by atoms with Crippen molar-refractivity contribution in [2.75, 3.05) is 17.2 Å². The van der Waals surface area contributed by atoms with E-state index in [1.807, 2.05) is 24.3 Å². The van der Waals surface area contributed by atoms with Crippen molar-refractivity contribution in [3.05, 3.63) is 41.1 Å². The van der Waals surface area contributed by atoms with E-state index in [0.717, 1.165) is 24.3 Å². The molecule has 0 saturated heterocycles. The molecule has 104 valence electrons. The Balaban J connectivity index is 1.75. The number of aromatic nitrogens is 2. The summed E-state index contributed by atoms with van der Waals surface area (Å²) < 4.78 is 0. The smallest absolute Gasteiger partial charge is 0.256 e. The van der Waals surface area contributed by atoms with Crippen molar-refractivity contribution in [1.29, 1.82) is 0 Å². The summed E-state index contributed by atoms with van der Waals surface area (Å²) >= 11 is 0. The second kappa shape index (κ2) is 5.00. The fraction of sp³-hybridized carbons (Fsp3) is 0.333. The number of aromatic amines is 1. The van der Waals surface area contributed by atoms with E-state index in [-0.39, 0.29) is 5.91 Å². The third-order valence-corrected chi connectivity index (χ3v) is 3.54. The SMILES string of the molecule is CC(C)c1cc(NC(=O)c2ccc3c(c2)CCN3)n[nH]1. The molecule has 0 radical (unpaired) electrons. The number of rotatable bonds is 3. The monoisotopic (exact) mass is 270 g/mol. The van der Waals surface area contributed by atoms with Crippen LogP contribution in [0.3, 0.4) is 0 Å². The van der Waals surface area contributed by atoms with Gasteiger partial charge < -0.3 is 10.6 Å². The summed E-state index contributed by atoms with van der Waals surface area (Å²) in [6.07, 6.45) is 0.969. The van der Waals surface area contributed by atoms with Crippen molar-refractivity contribution >= 4 is 17.4 Å². The third kappa shape index (κ3) is 2.39. The van der Waals surface area contributed by atoms with Crippen LogP contribution >= 0.6 is 0 Å². The molecule has 1 aromatic heterocycles. The number of anilines is 2. The third-order valence-electron chi connectivity index (χ3n) is 3.54. The summed E-state index contributed by atoms with van der Waals surface area (Å²) in [5.74, 6) is 0.804. The Bertz CT molecular complexity index is 645. The molecule has 1 amide bonds. The van der Waals surface area contributed by atoms with E-state index < -0.39 is 0 Å². The fourth-order valence-corrected chi connectivity index (χ4v) is 2.33. The van der Waals surface area contributed by atoms with Crippen molar-refractivity contribution < 1.29 is 4.79 Å². The van der Waals surface area contributed by atoms with Gasteiger partial charge in [-0.1, -0.05) is 13.8 Å². The number of amides is 1. The number of nitrogens with one attached hydrogen (secondary N) is 3. The first kappa shape index (κ1) is 12.7. The molecule has 5 nitrogen and oxygen atoms in total. The van der Waals surface area contributed by atoms with E-state index in [9.17, 15) is 4.79 Å². The number of fused-ring (bicyclic) bond motifs is 1. The molecule has 2 aromatic rings. The molecule has 0 spiro atoms. The lowest BCUT2D eigenvalue weighted by Gasteiger charge is -2.04. The molecule has 1 aliphatic rings. The van der Waals surface area contributed by atoms with Gasteiger partial charge in [0.25, 0.3) is 5.91 Å². The Morgan fingerprint density at radius 3 is 2.95 bits per heavy atom. The van der Waals surface area contributed by atoms with Gasteiger partial charge in [-0.15, -0.1) is 0 Å². The molecule has 1 aliphatic heterocycles. The van der Waals surface area contributed by atoms with E-state index in [1.54, 1.807) is 0 Å². The average Bonchev–Trinajstić information content (AvgIpc) is 3.05. The molecule has 2 heterocycles. The first-order valence-corrected chi connectivity index (χ1v) is 6.87. The van der Waals surface area contributed by atoms with Gasteiger partial charge in [0.05, 0.1) is 0 Å². The molecule has 3 rings (SSSR count). The van der Waals surface area contributed by atoms with Gasteiger partial charge in [-0.05, 0) is 36.1 Å². The standard InChI is InChI=1S/C15H18N4O/c1-9(2)13-8-14(19-18-13)17-15(20)11-3-4-12-10(7-11)5-6-16-12/h3-4,7-9,16H,5-6H2,1-2H3,(H2,17,18,19,20). The van der Waals surface area contributed by atoms with Crippen LogP contribution in [0.2, 0.25) is 0 Å². The molecule has 0 aliphatic carbocycles. The van der Waals surface area contributed by atoms with Crippen molar-refractivity contribution in [2.45, 2.75) is 26.2 Å². The van der Waals surface area contributed by atoms with E-state index >= 15 is 0 Å². The highest BCUT2D eigenvalue weighted by Crippen LogP contribution is 2.23. The van der Waals surface area contributed by atoms with Crippen LogP contribution < -0.4 is 10.6 Å². The van der Waals surface area contributed by atoms with Crippen LogP contribution in [-0.2, 0) is 6.42 Å². The summed E-state index contributed by atoms with van der Waals surface area (Å²) in [4.78, 5) is 12.2. The number of hydrogen-bond donors (Lipinski definition) is 3. The highest BCUT2D eigenvalue weighted by molar-refractivity contribution is 6.04. The summed E-state index contributed by atoms with van der Waals surface area (Å²) in [5, 5.41) is 13.1. The Hall–Kier alpha value is -2.30. The van der Waals surface area contributed by atoms with Gasteiger partial charge in [0.1, 0.15) is 0 Å². The minimum atomic E-state index is -0.124. The fourth-order valence-electron chi connectivity index (χ4n) is 2.33. The quantitative estimate of drug-likeness (QED) is 0.803. The molecule has 3 N–H and O–H groups in total. The van der Waals surface area contributed by atoms with Gasteiger partial charge in [0, 0.05) is 29.6 Å². The van der Waals surface area contributed by atoms with Crippen LogP contribution in [0.15, 0.2) is 24.3 Å². The maximum Gasteiger partial charge on any atom is 0.256 e. The maximum atomic E-state index is 12.2. The zero-order chi connectivity index (χ0) is 14.1. The summed E-state index contributed by atoms with van der Waals surface area (Å²) in [7, 11) is 0. The number of hydrogen-bond acceptors (Lipinski definition) is 3. The normalized spacial score (nSPS) is 13.2. The number of nitrogens with zero attached hydrogens (tertiary/aromatic N) is 1. The van der Waals surface area contributed by atoms with E-state index in [4.69, 9.17) is 0 Å². The number of H-pyrrole nitrogens is 1. The molecule has 0 unspecified atom stereocenters. The predicted molar refractivity (Wildman–Crippen MR) is 79.3 cm³/mol. The molecule has 5 heteroatoms. The predicted octanol–water partition coefficient (Wildman–Crippen LogP) is 2.75. The molecular formula is C15H18N4O. The van der Waals surface area contributed by atoms with Gasteiger partial charge >= 0.3 is 0 Å². The van der Waals surface area contributed by atoms with Gasteiger partial charge in [-0.25, -0.2) is 0 Å². The molecule has 0 saturated carbocycles. The molecular weight excluding hydrogens is 252 g/mol. The van der Waals surface area contributed by atoms with Crippen LogP contribution in [0.5, 0.6) is 0 Å². The van der Waals surface area contributed by atoms with Crippen LogP contribution in [0, 0.1) is 0 Å². The lowest BCUT2D eigenvalue weighted by molar-refractivity contribution is 0.102. The summed E-state index contributed by atoms with van der Waals surface area (Å²) in [6, 6.07) is 7.61. The Morgan fingerprint density at radius 1 is 1.35 bits per heavy atom. The van der Waals surface area contributed by atoms with Gasteiger partial charge in [0.2, 0.25) is 0 Å². The van der Waals surface area contributed by atoms with Crippen molar-refractivity contribution in [3.8, 4) is 0 Å². The van der Waals surface area contributed by atoms with Crippen molar-refractivity contribution in [3.63, 3.8) is 0 Å². The second-order valence-corrected chi connectivity index (χ2v) is 5.37. The highest BCUT2D eigenvalue weighted by Gasteiger charge is 2.14. The minimum absolute atomic E-state index is 0.124. The Kier molecular flexibility index (Phi) is 3.18. The van der Waals surface area contributed by atoms with Crippen LogP contribution in [0.4, 0.5) is 11.5 Å². The van der Waals surface area contributed by atoms with Crippen LogP contribution in [0.1, 0.15) is 41.4 Å². The lowest BCUT2D eigenvalue weighted by atomic mass is 10.1. The number of carbonyl (C=O) groups excluding carboxylic acids is 1. The highest BCUT2D eigenvalue weighted by atomic mass is 16.1. The minimum Gasteiger partial charge on any atom is -0.384 e. The van der Waals surface area contributed by atoms with Crippen molar-refractivity contribution in [2.24, 2.45) is 0 Å². The first-order chi connectivity index (χ1) is 9.63. The lowest BCUT2D eigenvalue weighted by Crippen LogP contribution is -2.12. The zero-order valence-electron chi connectivity index (χ0n) is 11.7. The molecule has 0 bridgehead atoms. The van der Waals surface area contributed by atoms with Gasteiger partial charge in [0.15, 0.2) is 5.82 Å². The number of carbonyl (C=O) groups is 1. The average molecular weight is 270 g/mol. The Morgan fingerprint density at radius 2 is 2.20 bits per heavy atom. The largest absolute Gasteiger partial charge is 0.384 e. The van der Waals surface area contributed by atoms with Gasteiger partial charge in [-0.3, -0.25) is 9.89 Å². The topological polar surface area (TPSA) is 69.8 Å². The first-order valence-electron chi connectivity index (χ1n) is 6.87. The summed E-state index contributed by atoms with van der Waals surface area (Å²) in [5.41, 5.74) is 4.01.